The van der Waals surface area contributed by atoms with Crippen LogP contribution in [-0.2, 0) is 0 Å². The number of benzene rings is 1. The van der Waals surface area contributed by atoms with Crippen LogP contribution >= 0.6 is 0 Å². The van der Waals surface area contributed by atoms with Gasteiger partial charge in [0.1, 0.15) is 5.82 Å². The molecule has 1 aromatic rings. The van der Waals surface area contributed by atoms with Crippen molar-refractivity contribution in [3.8, 4) is 0 Å². The Morgan fingerprint density at radius 2 is 1.64 bits per heavy atom. The Hall–Kier alpha value is -1.10. The van der Waals surface area contributed by atoms with Gasteiger partial charge in [-0.05, 0) is 14.0 Å². The average molecular weight is 207 g/mol. The predicted molar refractivity (Wildman–Crippen MR) is 43.7 cm³/mol. The van der Waals surface area contributed by atoms with Crippen LogP contribution in [0, 0.1) is 23.3 Å². The molecule has 0 fully saturated rings. The van der Waals surface area contributed by atoms with Gasteiger partial charge in [-0.3, -0.25) is 0 Å². The summed E-state index contributed by atoms with van der Waals surface area (Å²) < 4.78 is 51.3. The fraction of sp³-hybridized carbons (Fsp3) is 0.333. The third-order valence-corrected chi connectivity index (χ3v) is 2.02. The maximum absolute atomic E-state index is 13.1. The molecule has 1 unspecified atom stereocenters. The first kappa shape index (κ1) is 11.0. The van der Waals surface area contributed by atoms with Crippen molar-refractivity contribution >= 4 is 0 Å². The fourth-order valence-corrected chi connectivity index (χ4v) is 1.12. The number of hydrogen-bond donors (Lipinski definition) is 1. The van der Waals surface area contributed by atoms with Crippen molar-refractivity contribution in [1.82, 2.24) is 5.32 Å². The Bertz CT molecular complexity index is 351. The highest BCUT2D eigenvalue weighted by Crippen LogP contribution is 2.24. The zero-order chi connectivity index (χ0) is 10.9. The lowest BCUT2D eigenvalue weighted by molar-refractivity contribution is 0.413. The Morgan fingerprint density at radius 1 is 1.07 bits per heavy atom. The van der Waals surface area contributed by atoms with Gasteiger partial charge in [0.2, 0.25) is 0 Å². The van der Waals surface area contributed by atoms with Crippen molar-refractivity contribution in [3.05, 3.63) is 34.9 Å². The van der Waals surface area contributed by atoms with Crippen LogP contribution in [0.5, 0.6) is 0 Å². The summed E-state index contributed by atoms with van der Waals surface area (Å²) in [6.45, 7) is 1.44. The molecule has 0 aliphatic carbocycles. The predicted octanol–water partition coefficient (Wildman–Crippen LogP) is 2.52. The van der Waals surface area contributed by atoms with Crippen LogP contribution in [0.3, 0.4) is 0 Å². The van der Waals surface area contributed by atoms with Gasteiger partial charge in [-0.15, -0.1) is 0 Å². The van der Waals surface area contributed by atoms with E-state index in [1.807, 2.05) is 0 Å². The fourth-order valence-electron chi connectivity index (χ4n) is 1.12. The molecule has 0 saturated heterocycles. The van der Waals surface area contributed by atoms with Gasteiger partial charge in [-0.25, -0.2) is 17.6 Å². The minimum atomic E-state index is -1.65. The minimum absolute atomic E-state index is 0.335. The summed E-state index contributed by atoms with van der Waals surface area (Å²) in [7, 11) is 1.46. The SMILES string of the molecule is CNC(C)c1c(F)cc(F)c(F)c1F. The van der Waals surface area contributed by atoms with E-state index in [4.69, 9.17) is 0 Å². The second-order valence-electron chi connectivity index (χ2n) is 2.89. The van der Waals surface area contributed by atoms with Crippen LogP contribution in [-0.4, -0.2) is 7.05 Å². The summed E-state index contributed by atoms with van der Waals surface area (Å²) in [6.07, 6.45) is 0. The minimum Gasteiger partial charge on any atom is -0.313 e. The third kappa shape index (κ3) is 1.72. The topological polar surface area (TPSA) is 12.0 Å². The molecule has 0 bridgehead atoms. The zero-order valence-corrected chi connectivity index (χ0v) is 7.67. The lowest BCUT2D eigenvalue weighted by Gasteiger charge is -2.13. The Balaban J connectivity index is 3.36. The molecule has 78 valence electrons. The molecule has 0 aromatic heterocycles. The van der Waals surface area contributed by atoms with E-state index in [0.717, 1.165) is 0 Å². The standard InChI is InChI=1S/C9H9F4N/c1-4(14-2)7-5(10)3-6(11)8(12)9(7)13/h3-4,14H,1-2H3. The Kier molecular flexibility index (Phi) is 3.10. The molecule has 0 amide bonds. The highest BCUT2D eigenvalue weighted by atomic mass is 19.2. The van der Waals surface area contributed by atoms with E-state index in [2.05, 4.69) is 5.32 Å². The second-order valence-corrected chi connectivity index (χ2v) is 2.89. The van der Waals surface area contributed by atoms with Gasteiger partial charge in [0, 0.05) is 17.7 Å². The van der Waals surface area contributed by atoms with Crippen molar-refractivity contribution in [2.24, 2.45) is 0 Å². The van der Waals surface area contributed by atoms with Gasteiger partial charge in [0.05, 0.1) is 0 Å². The highest BCUT2D eigenvalue weighted by molar-refractivity contribution is 5.25. The normalized spacial score (nSPS) is 13.0. The molecular weight excluding hydrogens is 198 g/mol. The summed E-state index contributed by atoms with van der Waals surface area (Å²) >= 11 is 0. The van der Waals surface area contributed by atoms with Gasteiger partial charge in [-0.1, -0.05) is 0 Å². The third-order valence-electron chi connectivity index (χ3n) is 2.02. The van der Waals surface area contributed by atoms with E-state index in [1.165, 1.54) is 14.0 Å². The Morgan fingerprint density at radius 3 is 2.14 bits per heavy atom. The van der Waals surface area contributed by atoms with Crippen molar-refractivity contribution in [2.45, 2.75) is 13.0 Å². The maximum atomic E-state index is 13.1. The van der Waals surface area contributed by atoms with Crippen LogP contribution in [0.15, 0.2) is 6.07 Å². The summed E-state index contributed by atoms with van der Waals surface area (Å²) in [5, 5.41) is 2.54. The first-order valence-corrected chi connectivity index (χ1v) is 3.99. The lowest BCUT2D eigenvalue weighted by atomic mass is 10.1. The van der Waals surface area contributed by atoms with Gasteiger partial charge in [-0.2, -0.15) is 0 Å². The molecule has 1 aromatic carbocycles. The van der Waals surface area contributed by atoms with E-state index < -0.39 is 34.9 Å². The quantitative estimate of drug-likeness (QED) is 0.446. The molecule has 0 aliphatic rings. The summed E-state index contributed by atoms with van der Waals surface area (Å²) in [4.78, 5) is 0. The molecule has 14 heavy (non-hydrogen) atoms. The summed E-state index contributed by atoms with van der Waals surface area (Å²) in [6, 6.07) is -0.383. The van der Waals surface area contributed by atoms with Crippen LogP contribution in [0.25, 0.3) is 0 Å². The van der Waals surface area contributed by atoms with Crippen LogP contribution in [0.1, 0.15) is 18.5 Å². The second kappa shape index (κ2) is 3.96. The molecule has 0 radical (unpaired) electrons. The van der Waals surface area contributed by atoms with Gasteiger partial charge in [0.25, 0.3) is 0 Å². The van der Waals surface area contributed by atoms with E-state index in [9.17, 15) is 17.6 Å². The first-order valence-electron chi connectivity index (χ1n) is 3.99. The van der Waals surface area contributed by atoms with E-state index in [-0.39, 0.29) is 0 Å². The largest absolute Gasteiger partial charge is 0.313 e. The summed E-state index contributed by atoms with van der Waals surface area (Å²) in [5.41, 5.74) is -0.494. The smallest absolute Gasteiger partial charge is 0.194 e. The zero-order valence-electron chi connectivity index (χ0n) is 7.67. The molecule has 1 nitrogen and oxygen atoms in total. The molecule has 1 atom stereocenters. The number of hydrogen-bond acceptors (Lipinski definition) is 1. The Labute approximate surface area is 78.7 Å². The van der Waals surface area contributed by atoms with Crippen LogP contribution < -0.4 is 5.32 Å². The molecule has 0 spiro atoms. The first-order chi connectivity index (χ1) is 6.49. The van der Waals surface area contributed by atoms with Crippen molar-refractivity contribution in [3.63, 3.8) is 0 Å². The van der Waals surface area contributed by atoms with E-state index in [1.54, 1.807) is 0 Å². The molecule has 0 saturated carbocycles. The molecule has 1 rings (SSSR count). The molecule has 1 N–H and O–H groups in total. The number of rotatable bonds is 2. The van der Waals surface area contributed by atoms with E-state index >= 15 is 0 Å². The van der Waals surface area contributed by atoms with Gasteiger partial charge in [0.15, 0.2) is 17.5 Å². The maximum Gasteiger partial charge on any atom is 0.194 e. The molecule has 5 heteroatoms. The highest BCUT2D eigenvalue weighted by Gasteiger charge is 2.21. The lowest BCUT2D eigenvalue weighted by Crippen LogP contribution is -2.17. The van der Waals surface area contributed by atoms with Gasteiger partial charge < -0.3 is 5.32 Å². The van der Waals surface area contributed by atoms with Crippen molar-refractivity contribution in [2.75, 3.05) is 7.05 Å². The van der Waals surface area contributed by atoms with Crippen molar-refractivity contribution < 1.29 is 17.6 Å². The molecule has 0 aliphatic heterocycles. The number of halogens is 4. The summed E-state index contributed by atoms with van der Waals surface area (Å²) in [5.74, 6) is -5.75. The van der Waals surface area contributed by atoms with Crippen molar-refractivity contribution in [1.29, 1.82) is 0 Å². The number of nitrogens with one attached hydrogen (secondary N) is 1. The van der Waals surface area contributed by atoms with Crippen LogP contribution in [0.4, 0.5) is 17.6 Å². The molecular formula is C9H9F4N. The van der Waals surface area contributed by atoms with E-state index in [0.29, 0.717) is 6.07 Å². The van der Waals surface area contributed by atoms with Crippen LogP contribution in [0.2, 0.25) is 0 Å². The molecule has 0 heterocycles. The van der Waals surface area contributed by atoms with Gasteiger partial charge >= 0.3 is 0 Å². The monoisotopic (exact) mass is 207 g/mol. The average Bonchev–Trinajstić information content (AvgIpc) is 2.14.